The van der Waals surface area contributed by atoms with Gasteiger partial charge >= 0.3 is 5.97 Å². The lowest BCUT2D eigenvalue weighted by Crippen LogP contribution is -2.26. The Bertz CT molecular complexity index is 701. The van der Waals surface area contributed by atoms with E-state index in [9.17, 15) is 14.7 Å². The molecule has 1 aromatic carbocycles. The molecule has 128 valence electrons. The number of unbranched alkanes of at least 4 members (excludes halogenated alkanes) is 1. The normalized spacial score (nSPS) is 16.0. The quantitative estimate of drug-likeness (QED) is 0.476. The van der Waals surface area contributed by atoms with Crippen molar-refractivity contribution in [1.29, 1.82) is 0 Å². The summed E-state index contributed by atoms with van der Waals surface area (Å²) in [5, 5.41) is 13.1. The molecule has 0 saturated carbocycles. The van der Waals surface area contributed by atoms with Gasteiger partial charge < -0.3 is 19.9 Å². The van der Waals surface area contributed by atoms with E-state index in [0.717, 1.165) is 12.8 Å². The molecule has 0 bridgehead atoms. The summed E-state index contributed by atoms with van der Waals surface area (Å²) in [6.07, 6.45) is 1.81. The third kappa shape index (κ3) is 3.59. The summed E-state index contributed by atoms with van der Waals surface area (Å²) in [7, 11) is 1.54. The van der Waals surface area contributed by atoms with E-state index >= 15 is 0 Å². The summed E-state index contributed by atoms with van der Waals surface area (Å²) >= 11 is 0. The molecule has 6 heteroatoms. The Kier molecular flexibility index (Phi) is 5.63. The van der Waals surface area contributed by atoms with Crippen molar-refractivity contribution < 1.29 is 24.2 Å². The van der Waals surface area contributed by atoms with Crippen molar-refractivity contribution >= 4 is 17.4 Å². The van der Waals surface area contributed by atoms with Crippen LogP contribution in [0.1, 0.15) is 32.3 Å². The molecule has 1 aliphatic heterocycles. The molecule has 0 unspecified atom stereocenters. The number of esters is 1. The minimum Gasteiger partial charge on any atom is -0.504 e. The number of amides is 1. The second-order valence-corrected chi connectivity index (χ2v) is 5.41. The van der Waals surface area contributed by atoms with E-state index < -0.39 is 5.97 Å². The first kappa shape index (κ1) is 17.6. The largest absolute Gasteiger partial charge is 0.504 e. The number of ether oxygens (including phenoxy) is 2. The van der Waals surface area contributed by atoms with Crippen LogP contribution in [-0.2, 0) is 14.3 Å². The highest BCUT2D eigenvalue weighted by molar-refractivity contribution is 6.21. The van der Waals surface area contributed by atoms with Crippen LogP contribution < -0.4 is 10.1 Å². The number of nitrogens with one attached hydrogen (secondary N) is 1. The van der Waals surface area contributed by atoms with Gasteiger partial charge in [-0.1, -0.05) is 25.5 Å². The Hall–Kier alpha value is -2.76. The lowest BCUT2D eigenvalue weighted by Gasteiger charge is -2.07. The van der Waals surface area contributed by atoms with E-state index in [4.69, 9.17) is 9.47 Å². The van der Waals surface area contributed by atoms with Crippen molar-refractivity contribution in [2.24, 2.45) is 0 Å². The smallest absolute Gasteiger partial charge is 0.348 e. The Balaban J connectivity index is 2.30. The molecular formula is C18H21NO5. The van der Waals surface area contributed by atoms with Gasteiger partial charge in [-0.15, -0.1) is 0 Å². The molecular weight excluding hydrogens is 310 g/mol. The molecule has 2 rings (SSSR count). The summed E-state index contributed by atoms with van der Waals surface area (Å²) in [6.45, 7) is 4.06. The number of hydrogen-bond donors (Lipinski definition) is 2. The molecule has 6 nitrogen and oxygen atoms in total. The SMILES string of the molecule is CCCCNC(=O)/C(C)=C1/OC(=O)C(c2ccc(OC)cc2)=C1O. The summed E-state index contributed by atoms with van der Waals surface area (Å²) in [4.78, 5) is 24.2. The molecule has 0 radical (unpaired) electrons. The zero-order valence-corrected chi connectivity index (χ0v) is 14.0. The predicted octanol–water partition coefficient (Wildman–Crippen LogP) is 2.71. The number of carbonyl (C=O) groups excluding carboxylic acids is 2. The van der Waals surface area contributed by atoms with Crippen LogP contribution in [0.2, 0.25) is 0 Å². The zero-order chi connectivity index (χ0) is 17.7. The standard InChI is InChI=1S/C18H21NO5/c1-4-5-10-19-17(21)11(2)16-15(20)14(18(22)24-16)12-6-8-13(23-3)9-7-12/h6-9,20H,4-5,10H2,1-3H3,(H,19,21)/b16-11+. The van der Waals surface area contributed by atoms with Crippen molar-refractivity contribution in [3.05, 3.63) is 46.9 Å². The molecule has 2 N–H and O–H groups in total. The second kappa shape index (κ2) is 7.68. The van der Waals surface area contributed by atoms with Crippen LogP contribution in [-0.4, -0.2) is 30.6 Å². The van der Waals surface area contributed by atoms with Crippen LogP contribution in [0.3, 0.4) is 0 Å². The Morgan fingerprint density at radius 3 is 2.54 bits per heavy atom. The van der Waals surface area contributed by atoms with Gasteiger partial charge in [0.25, 0.3) is 5.91 Å². The first-order valence-electron chi connectivity index (χ1n) is 7.78. The fourth-order valence-corrected chi connectivity index (χ4v) is 2.28. The summed E-state index contributed by atoms with van der Waals surface area (Å²) in [5.41, 5.74) is 0.696. The van der Waals surface area contributed by atoms with E-state index in [0.29, 0.717) is 17.9 Å². The van der Waals surface area contributed by atoms with Gasteiger partial charge in [-0.05, 0) is 31.0 Å². The monoisotopic (exact) mass is 331 g/mol. The maximum Gasteiger partial charge on any atom is 0.348 e. The van der Waals surface area contributed by atoms with Gasteiger partial charge in [-0.25, -0.2) is 4.79 Å². The molecule has 24 heavy (non-hydrogen) atoms. The summed E-state index contributed by atoms with van der Waals surface area (Å²) in [6, 6.07) is 6.64. The van der Waals surface area contributed by atoms with Crippen LogP contribution in [0, 0.1) is 0 Å². The Morgan fingerprint density at radius 2 is 1.96 bits per heavy atom. The van der Waals surface area contributed by atoms with Crippen molar-refractivity contribution in [2.75, 3.05) is 13.7 Å². The van der Waals surface area contributed by atoms with E-state index in [1.807, 2.05) is 6.92 Å². The molecule has 0 atom stereocenters. The van der Waals surface area contributed by atoms with Gasteiger partial charge in [0.15, 0.2) is 11.5 Å². The Morgan fingerprint density at radius 1 is 1.29 bits per heavy atom. The average molecular weight is 331 g/mol. The maximum absolute atomic E-state index is 12.1. The highest BCUT2D eigenvalue weighted by Gasteiger charge is 2.33. The topological polar surface area (TPSA) is 84.9 Å². The van der Waals surface area contributed by atoms with Crippen molar-refractivity contribution in [1.82, 2.24) is 5.32 Å². The van der Waals surface area contributed by atoms with Crippen LogP contribution in [0.5, 0.6) is 5.75 Å². The predicted molar refractivity (Wildman–Crippen MR) is 89.3 cm³/mol. The molecule has 0 spiro atoms. The van der Waals surface area contributed by atoms with Crippen LogP contribution in [0.15, 0.2) is 41.4 Å². The summed E-state index contributed by atoms with van der Waals surface area (Å²) < 4.78 is 10.2. The third-order valence-electron chi connectivity index (χ3n) is 3.73. The zero-order valence-electron chi connectivity index (χ0n) is 14.0. The molecule has 1 amide bonds. The maximum atomic E-state index is 12.1. The number of cyclic esters (lactones) is 1. The number of rotatable bonds is 6. The number of hydrogen-bond acceptors (Lipinski definition) is 5. The van der Waals surface area contributed by atoms with E-state index in [1.54, 1.807) is 24.3 Å². The van der Waals surface area contributed by atoms with Crippen LogP contribution in [0.25, 0.3) is 5.57 Å². The first-order valence-corrected chi connectivity index (χ1v) is 7.78. The molecule has 0 saturated heterocycles. The molecule has 0 aliphatic carbocycles. The summed E-state index contributed by atoms with van der Waals surface area (Å²) in [5.74, 6) is -0.845. The molecule has 1 heterocycles. The highest BCUT2D eigenvalue weighted by Crippen LogP contribution is 2.33. The highest BCUT2D eigenvalue weighted by atomic mass is 16.6. The molecule has 0 fully saturated rings. The van der Waals surface area contributed by atoms with Crippen LogP contribution >= 0.6 is 0 Å². The fraction of sp³-hybridized carbons (Fsp3) is 0.333. The minimum absolute atomic E-state index is 0.0355. The van der Waals surface area contributed by atoms with Gasteiger partial charge in [-0.2, -0.15) is 0 Å². The van der Waals surface area contributed by atoms with Crippen molar-refractivity contribution in [3.8, 4) is 5.75 Å². The third-order valence-corrected chi connectivity index (χ3v) is 3.73. The number of aliphatic hydroxyl groups excluding tert-OH is 1. The minimum atomic E-state index is -0.687. The number of aliphatic hydroxyl groups is 1. The molecule has 1 aliphatic rings. The lowest BCUT2D eigenvalue weighted by atomic mass is 10.0. The number of carbonyl (C=O) groups is 2. The first-order chi connectivity index (χ1) is 11.5. The van der Waals surface area contributed by atoms with Gasteiger partial charge in [0.2, 0.25) is 0 Å². The average Bonchev–Trinajstić information content (AvgIpc) is 2.89. The van der Waals surface area contributed by atoms with Crippen molar-refractivity contribution in [3.63, 3.8) is 0 Å². The fourth-order valence-electron chi connectivity index (χ4n) is 2.28. The van der Waals surface area contributed by atoms with E-state index in [2.05, 4.69) is 5.32 Å². The molecule has 0 aromatic heterocycles. The van der Waals surface area contributed by atoms with E-state index in [1.165, 1.54) is 14.0 Å². The van der Waals surface area contributed by atoms with Gasteiger partial charge in [0, 0.05) is 6.54 Å². The van der Waals surface area contributed by atoms with Crippen molar-refractivity contribution in [2.45, 2.75) is 26.7 Å². The molecule has 1 aromatic rings. The lowest BCUT2D eigenvalue weighted by molar-refractivity contribution is -0.131. The van der Waals surface area contributed by atoms with Gasteiger partial charge in [0.05, 0.1) is 12.7 Å². The van der Waals surface area contributed by atoms with Gasteiger partial charge in [0.1, 0.15) is 11.3 Å². The number of benzene rings is 1. The van der Waals surface area contributed by atoms with Gasteiger partial charge in [-0.3, -0.25) is 4.79 Å². The van der Waals surface area contributed by atoms with Crippen LogP contribution in [0.4, 0.5) is 0 Å². The van der Waals surface area contributed by atoms with E-state index in [-0.39, 0.29) is 28.6 Å². The number of methoxy groups -OCH3 is 1. The second-order valence-electron chi connectivity index (χ2n) is 5.41. The Labute approximate surface area is 140 Å².